The molecule has 0 amide bonds. The maximum Gasteiger partial charge on any atom is 0.189 e. The first-order valence-electron chi connectivity index (χ1n) is 5.61. The van der Waals surface area contributed by atoms with Crippen LogP contribution in [-0.4, -0.2) is 13.3 Å². The van der Waals surface area contributed by atoms with E-state index in [0.29, 0.717) is 19.4 Å². The number of ether oxygens (including phenoxy) is 2. The topological polar surface area (TPSA) is 30.5 Å². The van der Waals surface area contributed by atoms with Crippen LogP contribution in [0, 0.1) is 0 Å². The molecule has 4 heteroatoms. The molecule has 0 spiro atoms. The molecule has 1 aromatic carbocycles. The second-order valence-corrected chi connectivity index (χ2v) is 4.68. The highest BCUT2D eigenvalue weighted by Gasteiger charge is 2.24. The van der Waals surface area contributed by atoms with E-state index in [1.54, 1.807) is 0 Å². The molecule has 1 N–H and O–H groups in total. The van der Waals surface area contributed by atoms with Crippen molar-refractivity contribution in [1.82, 2.24) is 5.32 Å². The molecule has 16 heavy (non-hydrogen) atoms. The number of hydrogen-bond donors (Lipinski definition) is 1. The average Bonchev–Trinajstić information content (AvgIpc) is 2.81. The molecule has 0 aliphatic carbocycles. The SMILES string of the molecule is Clc1cc2c(c(C3CCCN3)c1)OCOC2. The molecule has 1 aromatic rings. The molecule has 1 atom stereocenters. The first-order chi connectivity index (χ1) is 7.84. The molecule has 3 nitrogen and oxygen atoms in total. The summed E-state index contributed by atoms with van der Waals surface area (Å²) in [6.07, 6.45) is 2.36. The van der Waals surface area contributed by atoms with Crippen molar-refractivity contribution in [2.24, 2.45) is 0 Å². The number of halogens is 1. The molecule has 2 aliphatic rings. The zero-order valence-electron chi connectivity index (χ0n) is 8.96. The molecule has 2 heterocycles. The molecule has 0 radical (unpaired) electrons. The van der Waals surface area contributed by atoms with Crippen molar-refractivity contribution < 1.29 is 9.47 Å². The monoisotopic (exact) mass is 239 g/mol. The summed E-state index contributed by atoms with van der Waals surface area (Å²) in [4.78, 5) is 0. The highest BCUT2D eigenvalue weighted by Crippen LogP contribution is 2.37. The quantitative estimate of drug-likeness (QED) is 0.817. The van der Waals surface area contributed by atoms with E-state index in [9.17, 15) is 0 Å². The number of benzene rings is 1. The molecule has 1 fully saturated rings. The zero-order valence-corrected chi connectivity index (χ0v) is 9.72. The van der Waals surface area contributed by atoms with Crippen LogP contribution in [0.25, 0.3) is 0 Å². The lowest BCUT2D eigenvalue weighted by molar-refractivity contribution is -0.0173. The molecule has 1 saturated heterocycles. The molecule has 0 aromatic heterocycles. The minimum absolute atomic E-state index is 0.342. The Hall–Kier alpha value is -0.770. The van der Waals surface area contributed by atoms with Crippen LogP contribution in [-0.2, 0) is 11.3 Å². The van der Waals surface area contributed by atoms with Crippen molar-refractivity contribution in [1.29, 1.82) is 0 Å². The fraction of sp³-hybridized carbons (Fsp3) is 0.500. The second kappa shape index (κ2) is 4.24. The third-order valence-electron chi connectivity index (χ3n) is 3.14. The summed E-state index contributed by atoms with van der Waals surface area (Å²) < 4.78 is 10.9. The smallest absolute Gasteiger partial charge is 0.189 e. The summed E-state index contributed by atoms with van der Waals surface area (Å²) in [6.45, 7) is 2.01. The number of fused-ring (bicyclic) bond motifs is 1. The van der Waals surface area contributed by atoms with Gasteiger partial charge in [-0.1, -0.05) is 11.6 Å². The fourth-order valence-electron chi connectivity index (χ4n) is 2.42. The van der Waals surface area contributed by atoms with Crippen LogP contribution in [0.15, 0.2) is 12.1 Å². The van der Waals surface area contributed by atoms with E-state index in [1.807, 2.05) is 12.1 Å². The van der Waals surface area contributed by atoms with Gasteiger partial charge in [0.2, 0.25) is 0 Å². The molecule has 3 rings (SSSR count). The summed E-state index contributed by atoms with van der Waals surface area (Å²) >= 11 is 6.12. The van der Waals surface area contributed by atoms with Crippen LogP contribution in [0.5, 0.6) is 5.75 Å². The first kappa shape index (κ1) is 10.4. The second-order valence-electron chi connectivity index (χ2n) is 4.24. The van der Waals surface area contributed by atoms with Crippen molar-refractivity contribution in [2.45, 2.75) is 25.5 Å². The van der Waals surface area contributed by atoms with E-state index < -0.39 is 0 Å². The number of rotatable bonds is 1. The van der Waals surface area contributed by atoms with E-state index in [2.05, 4.69) is 5.32 Å². The Morgan fingerprint density at radius 3 is 3.12 bits per heavy atom. The molecular weight excluding hydrogens is 226 g/mol. The van der Waals surface area contributed by atoms with Gasteiger partial charge in [-0.3, -0.25) is 0 Å². The Bertz CT molecular complexity index is 402. The van der Waals surface area contributed by atoms with E-state index in [0.717, 1.165) is 29.3 Å². The molecule has 0 saturated carbocycles. The highest BCUT2D eigenvalue weighted by atomic mass is 35.5. The van der Waals surface area contributed by atoms with Crippen LogP contribution in [0.3, 0.4) is 0 Å². The first-order valence-corrected chi connectivity index (χ1v) is 5.98. The van der Waals surface area contributed by atoms with Gasteiger partial charge >= 0.3 is 0 Å². The Labute approximate surface area is 99.7 Å². The van der Waals surface area contributed by atoms with Crippen molar-refractivity contribution >= 4 is 11.6 Å². The van der Waals surface area contributed by atoms with Gasteiger partial charge in [0.1, 0.15) is 5.75 Å². The minimum atomic E-state index is 0.342. The molecule has 0 bridgehead atoms. The lowest BCUT2D eigenvalue weighted by Gasteiger charge is -2.23. The van der Waals surface area contributed by atoms with Gasteiger partial charge in [0.05, 0.1) is 6.61 Å². The Morgan fingerprint density at radius 1 is 1.38 bits per heavy atom. The van der Waals surface area contributed by atoms with Crippen molar-refractivity contribution in [3.63, 3.8) is 0 Å². The Balaban J connectivity index is 2.04. The molecule has 2 aliphatic heterocycles. The standard InChI is InChI=1S/C12H14ClNO2/c13-9-4-8-6-15-7-16-12(8)10(5-9)11-2-1-3-14-11/h4-5,11,14H,1-3,6-7H2. The van der Waals surface area contributed by atoms with Gasteiger partial charge in [0.15, 0.2) is 6.79 Å². The molecule has 1 unspecified atom stereocenters. The van der Waals surface area contributed by atoms with Gasteiger partial charge in [-0.2, -0.15) is 0 Å². The normalized spacial score (nSPS) is 23.9. The van der Waals surface area contributed by atoms with Crippen LogP contribution in [0.1, 0.15) is 30.0 Å². The third-order valence-corrected chi connectivity index (χ3v) is 3.36. The highest BCUT2D eigenvalue weighted by molar-refractivity contribution is 6.30. The lowest BCUT2D eigenvalue weighted by atomic mass is 10.0. The third kappa shape index (κ3) is 1.79. The molecular formula is C12H14ClNO2. The summed E-state index contributed by atoms with van der Waals surface area (Å²) in [5.41, 5.74) is 2.24. The minimum Gasteiger partial charge on any atom is -0.467 e. The zero-order chi connectivity index (χ0) is 11.0. The average molecular weight is 240 g/mol. The predicted octanol–water partition coefficient (Wildman–Crippen LogP) is 2.63. The van der Waals surface area contributed by atoms with Gasteiger partial charge in [-0.25, -0.2) is 0 Å². The van der Waals surface area contributed by atoms with E-state index in [4.69, 9.17) is 21.1 Å². The van der Waals surface area contributed by atoms with E-state index in [1.165, 1.54) is 12.0 Å². The van der Waals surface area contributed by atoms with Crippen LogP contribution < -0.4 is 10.1 Å². The molecule has 86 valence electrons. The van der Waals surface area contributed by atoms with Crippen molar-refractivity contribution in [3.05, 3.63) is 28.3 Å². The van der Waals surface area contributed by atoms with Crippen LogP contribution in [0.2, 0.25) is 5.02 Å². The largest absolute Gasteiger partial charge is 0.467 e. The summed E-state index contributed by atoms with van der Waals surface area (Å²) in [7, 11) is 0. The fourth-order valence-corrected chi connectivity index (χ4v) is 2.67. The van der Waals surface area contributed by atoms with Crippen molar-refractivity contribution in [2.75, 3.05) is 13.3 Å². The summed E-state index contributed by atoms with van der Waals surface area (Å²) in [5, 5.41) is 4.23. The van der Waals surface area contributed by atoms with Gasteiger partial charge in [-0.05, 0) is 31.5 Å². The van der Waals surface area contributed by atoms with Gasteiger partial charge in [0.25, 0.3) is 0 Å². The van der Waals surface area contributed by atoms with Gasteiger partial charge in [0, 0.05) is 22.2 Å². The predicted molar refractivity (Wildman–Crippen MR) is 61.7 cm³/mol. The number of hydrogen-bond acceptors (Lipinski definition) is 3. The Kier molecular flexibility index (Phi) is 2.75. The van der Waals surface area contributed by atoms with Gasteiger partial charge in [-0.15, -0.1) is 0 Å². The van der Waals surface area contributed by atoms with Gasteiger partial charge < -0.3 is 14.8 Å². The number of nitrogens with one attached hydrogen (secondary N) is 1. The summed E-state index contributed by atoms with van der Waals surface area (Å²) in [6, 6.07) is 4.31. The maximum absolute atomic E-state index is 6.12. The summed E-state index contributed by atoms with van der Waals surface area (Å²) in [5.74, 6) is 0.968. The van der Waals surface area contributed by atoms with E-state index >= 15 is 0 Å². The van der Waals surface area contributed by atoms with Crippen LogP contribution >= 0.6 is 11.6 Å². The van der Waals surface area contributed by atoms with Crippen LogP contribution in [0.4, 0.5) is 0 Å². The maximum atomic E-state index is 6.12. The van der Waals surface area contributed by atoms with E-state index in [-0.39, 0.29) is 0 Å². The van der Waals surface area contributed by atoms with Crippen molar-refractivity contribution in [3.8, 4) is 5.75 Å². The Morgan fingerprint density at radius 2 is 2.31 bits per heavy atom. The lowest BCUT2D eigenvalue weighted by Crippen LogP contribution is -2.18.